The maximum atomic E-state index is 11.4. The van der Waals surface area contributed by atoms with Crippen LogP contribution in [-0.4, -0.2) is 22.6 Å². The van der Waals surface area contributed by atoms with Gasteiger partial charge in [0.05, 0.1) is 17.7 Å². The molecule has 0 aliphatic carbocycles. The molecule has 0 bridgehead atoms. The van der Waals surface area contributed by atoms with Gasteiger partial charge in [-0.3, -0.25) is 9.36 Å². The third kappa shape index (κ3) is 2.98. The number of hydrogen-bond acceptors (Lipinski definition) is 3. The molecule has 0 radical (unpaired) electrons. The molecule has 1 heterocycles. The first kappa shape index (κ1) is 17.0. The number of primary amides is 1. The van der Waals surface area contributed by atoms with Crippen LogP contribution >= 0.6 is 11.6 Å². The number of hydrogen-bond donors (Lipinski definition) is 1. The van der Waals surface area contributed by atoms with Crippen LogP contribution in [0.15, 0.2) is 42.7 Å². The van der Waals surface area contributed by atoms with Crippen LogP contribution in [0.4, 0.5) is 0 Å². The number of imidazole rings is 1. The van der Waals surface area contributed by atoms with E-state index in [1.807, 2.05) is 36.7 Å². The molecule has 0 aliphatic rings. The Bertz CT molecular complexity index is 963. The van der Waals surface area contributed by atoms with Crippen molar-refractivity contribution in [2.75, 3.05) is 7.11 Å². The van der Waals surface area contributed by atoms with Gasteiger partial charge in [-0.1, -0.05) is 11.6 Å². The lowest BCUT2D eigenvalue weighted by molar-refractivity contribution is 0.100. The van der Waals surface area contributed by atoms with Gasteiger partial charge >= 0.3 is 0 Å². The molecule has 2 N–H and O–H groups in total. The van der Waals surface area contributed by atoms with Crippen molar-refractivity contribution >= 4 is 17.5 Å². The van der Waals surface area contributed by atoms with E-state index in [0.29, 0.717) is 10.6 Å². The number of halogens is 1. The molecule has 1 aromatic heterocycles. The van der Waals surface area contributed by atoms with E-state index in [1.54, 1.807) is 31.5 Å². The molecule has 3 aromatic rings. The molecular weight excluding hydrogens is 338 g/mol. The number of amides is 1. The van der Waals surface area contributed by atoms with Gasteiger partial charge in [0, 0.05) is 23.6 Å². The van der Waals surface area contributed by atoms with Crippen LogP contribution < -0.4 is 10.5 Å². The molecule has 0 fully saturated rings. The first-order chi connectivity index (χ1) is 11.9. The Morgan fingerprint density at radius 3 is 2.60 bits per heavy atom. The summed E-state index contributed by atoms with van der Waals surface area (Å²) >= 11 is 6.18. The summed E-state index contributed by atoms with van der Waals surface area (Å²) in [5.41, 5.74) is 9.56. The lowest BCUT2D eigenvalue weighted by Crippen LogP contribution is -2.11. The minimum absolute atomic E-state index is 0.295. The summed E-state index contributed by atoms with van der Waals surface area (Å²) in [6, 6.07) is 9.04. The van der Waals surface area contributed by atoms with E-state index in [2.05, 4.69) is 4.98 Å². The molecule has 5 nitrogen and oxygen atoms in total. The van der Waals surface area contributed by atoms with Gasteiger partial charge in [0.25, 0.3) is 0 Å². The number of nitrogens with two attached hydrogens (primary N) is 1. The highest BCUT2D eigenvalue weighted by Gasteiger charge is 2.15. The van der Waals surface area contributed by atoms with Crippen LogP contribution in [0.3, 0.4) is 0 Å². The molecule has 2 aromatic carbocycles. The van der Waals surface area contributed by atoms with Crippen LogP contribution in [0, 0.1) is 13.8 Å². The highest BCUT2D eigenvalue weighted by atomic mass is 35.5. The maximum Gasteiger partial charge on any atom is 0.250 e. The fourth-order valence-electron chi connectivity index (χ4n) is 2.82. The monoisotopic (exact) mass is 355 g/mol. The Labute approximate surface area is 151 Å². The Hall–Kier alpha value is -2.79. The molecule has 0 spiro atoms. The van der Waals surface area contributed by atoms with E-state index in [0.717, 1.165) is 34.0 Å². The van der Waals surface area contributed by atoms with E-state index in [1.165, 1.54) is 0 Å². The Morgan fingerprint density at radius 2 is 1.96 bits per heavy atom. The minimum Gasteiger partial charge on any atom is -0.496 e. The Balaban J connectivity index is 2.12. The molecule has 0 saturated heterocycles. The lowest BCUT2D eigenvalue weighted by atomic mass is 10.0. The standard InChI is InChI=1S/C19H18ClN3O2/c1-11-12(2)17(25-3)7-6-14(11)19-22-8-9-23(19)13-4-5-15(18(21)24)16(20)10-13/h4-10H,1-3H3,(H2,21,24). The Kier molecular flexibility index (Phi) is 4.51. The number of nitrogens with zero attached hydrogens (tertiary/aromatic N) is 2. The smallest absolute Gasteiger partial charge is 0.250 e. The first-order valence-electron chi connectivity index (χ1n) is 7.71. The molecule has 3 rings (SSSR count). The van der Waals surface area contributed by atoms with Crippen LogP contribution in [0.1, 0.15) is 21.5 Å². The molecule has 0 saturated carbocycles. The van der Waals surface area contributed by atoms with E-state index in [4.69, 9.17) is 22.1 Å². The fraction of sp³-hybridized carbons (Fsp3) is 0.158. The number of ether oxygens (including phenoxy) is 1. The van der Waals surface area contributed by atoms with Gasteiger partial charge in [-0.15, -0.1) is 0 Å². The maximum absolute atomic E-state index is 11.4. The zero-order valence-electron chi connectivity index (χ0n) is 14.2. The third-order valence-electron chi connectivity index (χ3n) is 4.34. The van der Waals surface area contributed by atoms with Crippen LogP contribution in [-0.2, 0) is 0 Å². The topological polar surface area (TPSA) is 70.1 Å². The number of carbonyl (C=O) groups is 1. The van der Waals surface area contributed by atoms with Gasteiger partial charge in [-0.05, 0) is 55.3 Å². The van der Waals surface area contributed by atoms with Crippen LogP contribution in [0.25, 0.3) is 17.1 Å². The summed E-state index contributed by atoms with van der Waals surface area (Å²) in [7, 11) is 1.66. The molecule has 128 valence electrons. The number of methoxy groups -OCH3 is 1. The highest BCUT2D eigenvalue weighted by molar-refractivity contribution is 6.34. The summed E-state index contributed by atoms with van der Waals surface area (Å²) in [6.45, 7) is 4.05. The van der Waals surface area contributed by atoms with Crippen molar-refractivity contribution < 1.29 is 9.53 Å². The molecule has 0 atom stereocenters. The van der Waals surface area contributed by atoms with Crippen molar-refractivity contribution in [3.8, 4) is 22.8 Å². The summed E-state index contributed by atoms with van der Waals surface area (Å²) in [5, 5.41) is 0.312. The summed E-state index contributed by atoms with van der Waals surface area (Å²) in [4.78, 5) is 15.9. The molecule has 0 unspecified atom stereocenters. The summed E-state index contributed by atoms with van der Waals surface area (Å²) < 4.78 is 7.30. The second kappa shape index (κ2) is 6.61. The average Bonchev–Trinajstić information content (AvgIpc) is 3.06. The highest BCUT2D eigenvalue weighted by Crippen LogP contribution is 2.32. The van der Waals surface area contributed by atoms with Gasteiger partial charge in [0.15, 0.2) is 0 Å². The number of benzene rings is 2. The zero-order valence-corrected chi connectivity index (χ0v) is 15.0. The van der Waals surface area contributed by atoms with Crippen molar-refractivity contribution in [2.45, 2.75) is 13.8 Å². The predicted molar refractivity (Wildman–Crippen MR) is 98.6 cm³/mol. The normalized spacial score (nSPS) is 10.7. The number of aromatic nitrogens is 2. The van der Waals surface area contributed by atoms with Gasteiger partial charge in [0.1, 0.15) is 11.6 Å². The van der Waals surface area contributed by atoms with Crippen LogP contribution in [0.5, 0.6) is 5.75 Å². The minimum atomic E-state index is -0.552. The lowest BCUT2D eigenvalue weighted by Gasteiger charge is -2.14. The second-order valence-electron chi connectivity index (χ2n) is 5.71. The van der Waals surface area contributed by atoms with Crippen molar-refractivity contribution in [1.82, 2.24) is 9.55 Å². The van der Waals surface area contributed by atoms with Gasteiger partial charge < -0.3 is 10.5 Å². The molecular formula is C19H18ClN3O2. The molecule has 0 aliphatic heterocycles. The zero-order chi connectivity index (χ0) is 18.1. The van der Waals surface area contributed by atoms with Gasteiger partial charge in [0.2, 0.25) is 5.91 Å². The SMILES string of the molecule is COc1ccc(-c2nccn2-c2ccc(C(N)=O)c(Cl)c2)c(C)c1C. The summed E-state index contributed by atoms with van der Waals surface area (Å²) in [6.07, 6.45) is 3.58. The quantitative estimate of drug-likeness (QED) is 0.771. The largest absolute Gasteiger partial charge is 0.496 e. The van der Waals surface area contributed by atoms with E-state index >= 15 is 0 Å². The van der Waals surface area contributed by atoms with E-state index < -0.39 is 5.91 Å². The molecule has 1 amide bonds. The van der Waals surface area contributed by atoms with Gasteiger partial charge in [-0.2, -0.15) is 0 Å². The van der Waals surface area contributed by atoms with Crippen molar-refractivity contribution in [3.63, 3.8) is 0 Å². The average molecular weight is 356 g/mol. The van der Waals surface area contributed by atoms with Crippen molar-refractivity contribution in [3.05, 3.63) is 64.4 Å². The molecule has 6 heteroatoms. The van der Waals surface area contributed by atoms with Gasteiger partial charge in [-0.25, -0.2) is 4.98 Å². The number of carbonyl (C=O) groups excluding carboxylic acids is 1. The third-order valence-corrected chi connectivity index (χ3v) is 4.65. The Morgan fingerprint density at radius 1 is 1.20 bits per heavy atom. The fourth-order valence-corrected chi connectivity index (χ4v) is 3.09. The molecule has 25 heavy (non-hydrogen) atoms. The predicted octanol–water partition coefficient (Wildman–Crippen LogP) is 3.92. The van der Waals surface area contributed by atoms with E-state index in [-0.39, 0.29) is 0 Å². The summed E-state index contributed by atoms with van der Waals surface area (Å²) in [5.74, 6) is 1.07. The van der Waals surface area contributed by atoms with Crippen molar-refractivity contribution in [2.24, 2.45) is 5.73 Å². The second-order valence-corrected chi connectivity index (χ2v) is 6.12. The van der Waals surface area contributed by atoms with Crippen LogP contribution in [0.2, 0.25) is 5.02 Å². The first-order valence-corrected chi connectivity index (χ1v) is 8.09. The van der Waals surface area contributed by atoms with Crippen molar-refractivity contribution in [1.29, 1.82) is 0 Å². The number of rotatable bonds is 4. The van der Waals surface area contributed by atoms with E-state index in [9.17, 15) is 4.79 Å².